The molecule has 3 aromatic rings. The van der Waals surface area contributed by atoms with Crippen molar-refractivity contribution < 1.29 is 24.2 Å². The standard InChI is InChI=1S/C29H35ClN4O5/c1-3-38-29(37)34-11-10-24-25-16-21(30)6-9-26(25)31-27(24)28(34)20-4-7-23(8-5-20)39-18-22(36)17-32-12-14-33(15-13-32)19(2)35/h4-9,16,22,28,31,36H,3,10-15,17-18H2,1-2H3. The quantitative estimate of drug-likeness (QED) is 0.461. The number of aromatic amines is 1. The van der Waals surface area contributed by atoms with Gasteiger partial charge in [-0.2, -0.15) is 0 Å². The van der Waals surface area contributed by atoms with Crippen molar-refractivity contribution in [3.05, 3.63) is 64.3 Å². The molecule has 9 nitrogen and oxygen atoms in total. The smallest absolute Gasteiger partial charge is 0.410 e. The fourth-order valence-corrected chi connectivity index (χ4v) is 5.72. The van der Waals surface area contributed by atoms with E-state index in [1.807, 2.05) is 47.4 Å². The lowest BCUT2D eigenvalue weighted by Gasteiger charge is -2.35. The normalized spacial score (nSPS) is 18.6. The van der Waals surface area contributed by atoms with Crippen LogP contribution in [0.3, 0.4) is 0 Å². The molecule has 5 rings (SSSR count). The van der Waals surface area contributed by atoms with E-state index >= 15 is 0 Å². The lowest BCUT2D eigenvalue weighted by Crippen LogP contribution is -2.50. The molecule has 2 amide bonds. The lowest BCUT2D eigenvalue weighted by atomic mass is 9.92. The van der Waals surface area contributed by atoms with Gasteiger partial charge in [-0.15, -0.1) is 0 Å². The van der Waals surface area contributed by atoms with Gasteiger partial charge in [-0.1, -0.05) is 23.7 Å². The van der Waals surface area contributed by atoms with Crippen LogP contribution in [-0.4, -0.2) is 95.4 Å². The topological polar surface area (TPSA) is 98.3 Å². The number of benzene rings is 2. The second-order valence-electron chi connectivity index (χ2n) is 10.1. The molecule has 2 aliphatic heterocycles. The third-order valence-electron chi connectivity index (χ3n) is 7.52. The number of nitrogens with one attached hydrogen (secondary N) is 1. The molecular weight excluding hydrogens is 520 g/mol. The first-order valence-corrected chi connectivity index (χ1v) is 13.8. The van der Waals surface area contributed by atoms with E-state index in [2.05, 4.69) is 9.88 Å². The Labute approximate surface area is 233 Å². The first kappa shape index (κ1) is 27.3. The maximum absolute atomic E-state index is 12.9. The molecule has 1 fully saturated rings. The van der Waals surface area contributed by atoms with Gasteiger partial charge < -0.3 is 24.5 Å². The number of ether oxygens (including phenoxy) is 2. The zero-order valence-corrected chi connectivity index (χ0v) is 23.1. The molecule has 2 unspecified atom stereocenters. The molecular formula is C29H35ClN4O5. The summed E-state index contributed by atoms with van der Waals surface area (Å²) in [5.41, 5.74) is 4.03. The largest absolute Gasteiger partial charge is 0.491 e. The first-order chi connectivity index (χ1) is 18.8. The number of aromatic nitrogens is 1. The van der Waals surface area contributed by atoms with Crippen molar-refractivity contribution in [2.24, 2.45) is 0 Å². The van der Waals surface area contributed by atoms with Crippen LogP contribution in [0, 0.1) is 0 Å². The van der Waals surface area contributed by atoms with Crippen LogP contribution in [0.2, 0.25) is 5.02 Å². The number of carbonyl (C=O) groups is 2. The van der Waals surface area contributed by atoms with Crippen LogP contribution in [-0.2, 0) is 16.0 Å². The number of hydrogen-bond donors (Lipinski definition) is 2. The van der Waals surface area contributed by atoms with Crippen molar-refractivity contribution in [1.82, 2.24) is 19.7 Å². The predicted molar refractivity (Wildman–Crippen MR) is 149 cm³/mol. The highest BCUT2D eigenvalue weighted by Gasteiger charge is 2.35. The van der Waals surface area contributed by atoms with Gasteiger partial charge in [0.15, 0.2) is 0 Å². The van der Waals surface area contributed by atoms with Crippen LogP contribution in [0.25, 0.3) is 10.9 Å². The highest BCUT2D eigenvalue weighted by Crippen LogP contribution is 2.39. The second kappa shape index (κ2) is 11.9. The highest BCUT2D eigenvalue weighted by molar-refractivity contribution is 6.31. The lowest BCUT2D eigenvalue weighted by molar-refractivity contribution is -0.130. The summed E-state index contributed by atoms with van der Waals surface area (Å²) in [6, 6.07) is 13.1. The molecule has 0 radical (unpaired) electrons. The van der Waals surface area contributed by atoms with E-state index in [0.29, 0.717) is 50.0 Å². The van der Waals surface area contributed by atoms with Gasteiger partial charge in [0.25, 0.3) is 0 Å². The van der Waals surface area contributed by atoms with Gasteiger partial charge in [0.1, 0.15) is 24.5 Å². The minimum atomic E-state index is -0.646. The average Bonchev–Trinajstić information content (AvgIpc) is 3.30. The number of hydrogen-bond acceptors (Lipinski definition) is 6. The molecule has 1 saturated heterocycles. The number of fused-ring (bicyclic) bond motifs is 3. The molecule has 3 heterocycles. The molecule has 2 N–H and O–H groups in total. The SMILES string of the molecule is CCOC(=O)N1CCc2c([nH]c3ccc(Cl)cc23)C1c1ccc(OCC(O)CN2CCN(C(C)=O)CC2)cc1. The molecule has 2 aromatic carbocycles. The number of amides is 2. The van der Waals surface area contributed by atoms with Crippen LogP contribution in [0.4, 0.5) is 4.79 Å². The Morgan fingerprint density at radius 2 is 1.85 bits per heavy atom. The number of β-amino-alcohol motifs (C(OH)–C–C–N with tert-alkyl or cyclic N) is 1. The van der Waals surface area contributed by atoms with Crippen molar-refractivity contribution in [2.75, 3.05) is 52.5 Å². The Morgan fingerprint density at radius 1 is 1.10 bits per heavy atom. The minimum Gasteiger partial charge on any atom is -0.491 e. The van der Waals surface area contributed by atoms with E-state index in [1.54, 1.807) is 18.7 Å². The molecule has 1 aromatic heterocycles. The van der Waals surface area contributed by atoms with Crippen molar-refractivity contribution in [3.63, 3.8) is 0 Å². The van der Waals surface area contributed by atoms with Crippen molar-refractivity contribution >= 4 is 34.5 Å². The molecule has 39 heavy (non-hydrogen) atoms. The zero-order chi connectivity index (χ0) is 27.5. The van der Waals surface area contributed by atoms with Crippen LogP contribution in [0.5, 0.6) is 5.75 Å². The van der Waals surface area contributed by atoms with E-state index < -0.39 is 6.10 Å². The molecule has 0 aliphatic carbocycles. The van der Waals surface area contributed by atoms with Gasteiger partial charge in [-0.25, -0.2) is 4.79 Å². The number of piperazine rings is 1. The number of halogens is 1. The van der Waals surface area contributed by atoms with Crippen LogP contribution >= 0.6 is 11.6 Å². The summed E-state index contributed by atoms with van der Waals surface area (Å²) in [5.74, 6) is 0.729. The molecule has 2 aliphatic rings. The van der Waals surface area contributed by atoms with Gasteiger partial charge in [-0.05, 0) is 54.8 Å². The summed E-state index contributed by atoms with van der Waals surface area (Å²) >= 11 is 6.29. The minimum absolute atomic E-state index is 0.0887. The second-order valence-corrected chi connectivity index (χ2v) is 10.5. The summed E-state index contributed by atoms with van der Waals surface area (Å²) in [7, 11) is 0. The van der Waals surface area contributed by atoms with Crippen molar-refractivity contribution in [1.29, 1.82) is 0 Å². The molecule has 208 valence electrons. The maximum atomic E-state index is 12.9. The third-order valence-corrected chi connectivity index (χ3v) is 7.75. The maximum Gasteiger partial charge on any atom is 0.410 e. The Hall–Kier alpha value is -3.27. The molecule has 0 spiro atoms. The first-order valence-electron chi connectivity index (χ1n) is 13.5. The Kier molecular flexibility index (Phi) is 8.30. The predicted octanol–water partition coefficient (Wildman–Crippen LogP) is 3.83. The van der Waals surface area contributed by atoms with Gasteiger partial charge >= 0.3 is 6.09 Å². The van der Waals surface area contributed by atoms with Gasteiger partial charge in [0.05, 0.1) is 6.61 Å². The van der Waals surface area contributed by atoms with E-state index in [9.17, 15) is 14.7 Å². The number of aliphatic hydroxyl groups excluding tert-OH is 1. The number of nitrogens with zero attached hydrogens (tertiary/aromatic N) is 3. The van der Waals surface area contributed by atoms with E-state index in [1.165, 1.54) is 0 Å². The third kappa shape index (κ3) is 6.00. The Balaban J connectivity index is 1.28. The Morgan fingerprint density at radius 3 is 2.54 bits per heavy atom. The van der Waals surface area contributed by atoms with Gasteiger partial charge in [-0.3, -0.25) is 14.6 Å². The van der Waals surface area contributed by atoms with Crippen LogP contribution < -0.4 is 4.74 Å². The fraction of sp³-hybridized carbons (Fsp3) is 0.448. The summed E-state index contributed by atoms with van der Waals surface area (Å²) in [5, 5.41) is 12.3. The van der Waals surface area contributed by atoms with Crippen molar-refractivity contribution in [3.8, 4) is 5.75 Å². The summed E-state index contributed by atoms with van der Waals surface area (Å²) in [6.07, 6.45) is -0.294. The summed E-state index contributed by atoms with van der Waals surface area (Å²) in [4.78, 5) is 33.7. The zero-order valence-electron chi connectivity index (χ0n) is 22.4. The van der Waals surface area contributed by atoms with Gasteiger partial charge in [0.2, 0.25) is 5.91 Å². The summed E-state index contributed by atoms with van der Waals surface area (Å²) < 4.78 is 11.3. The molecule has 10 heteroatoms. The van der Waals surface area contributed by atoms with Crippen molar-refractivity contribution in [2.45, 2.75) is 32.4 Å². The van der Waals surface area contributed by atoms with E-state index in [0.717, 1.165) is 40.8 Å². The highest BCUT2D eigenvalue weighted by atomic mass is 35.5. The average molecular weight is 555 g/mol. The Bertz CT molecular complexity index is 1320. The number of carbonyl (C=O) groups excluding carboxylic acids is 2. The van der Waals surface area contributed by atoms with Gasteiger partial charge in [0, 0.05) is 67.8 Å². The monoisotopic (exact) mass is 554 g/mol. The van der Waals surface area contributed by atoms with E-state index in [4.69, 9.17) is 21.1 Å². The molecule has 0 bridgehead atoms. The number of H-pyrrole nitrogens is 1. The van der Waals surface area contributed by atoms with E-state index in [-0.39, 0.29) is 24.6 Å². The molecule has 2 atom stereocenters. The van der Waals surface area contributed by atoms with Crippen LogP contribution in [0.1, 0.15) is 36.7 Å². The molecule has 0 saturated carbocycles. The number of aliphatic hydroxyl groups is 1. The van der Waals surface area contributed by atoms with Crippen LogP contribution in [0.15, 0.2) is 42.5 Å². The fourth-order valence-electron chi connectivity index (χ4n) is 5.55. The number of rotatable bonds is 7. The summed E-state index contributed by atoms with van der Waals surface area (Å²) in [6.45, 7) is 7.72.